The summed E-state index contributed by atoms with van der Waals surface area (Å²) in [6.07, 6.45) is 2.93. The van der Waals surface area contributed by atoms with Gasteiger partial charge in [-0.25, -0.2) is 4.79 Å². The number of carbonyl (C=O) groups is 1. The molecule has 1 saturated heterocycles. The number of hydrogen-bond acceptors (Lipinski definition) is 2. The second-order valence-electron chi connectivity index (χ2n) is 4.88. The van der Waals surface area contributed by atoms with Gasteiger partial charge in [-0.05, 0) is 43.2 Å². The van der Waals surface area contributed by atoms with Gasteiger partial charge in [0.05, 0.1) is 0 Å². The Morgan fingerprint density at radius 3 is 2.56 bits per heavy atom. The van der Waals surface area contributed by atoms with Crippen molar-refractivity contribution in [3.63, 3.8) is 0 Å². The Balaban J connectivity index is 1.79. The molecule has 98 valence electrons. The summed E-state index contributed by atoms with van der Waals surface area (Å²) in [4.78, 5) is 12.3. The predicted molar refractivity (Wildman–Crippen MR) is 68.7 cm³/mol. The highest BCUT2D eigenvalue weighted by Gasteiger charge is 2.22. The van der Waals surface area contributed by atoms with Crippen LogP contribution in [-0.4, -0.2) is 34.3 Å². The third-order valence-electron chi connectivity index (χ3n) is 3.70. The number of para-hydroxylation sites is 1. The molecule has 1 fully saturated rings. The molecule has 1 aromatic rings. The lowest BCUT2D eigenvalue weighted by Gasteiger charge is -2.30. The van der Waals surface area contributed by atoms with E-state index in [-0.39, 0.29) is 0 Å². The van der Waals surface area contributed by atoms with Crippen LogP contribution in [0.2, 0.25) is 0 Å². The molecule has 1 aliphatic heterocycles. The highest BCUT2D eigenvalue weighted by molar-refractivity contribution is 5.64. The summed E-state index contributed by atoms with van der Waals surface area (Å²) in [6, 6.07) is 7.41. The number of likely N-dealkylation sites (tertiary alicyclic amines) is 1. The van der Waals surface area contributed by atoms with Gasteiger partial charge in [0, 0.05) is 13.1 Å². The molecule has 2 rings (SSSR count). The van der Waals surface area contributed by atoms with Crippen LogP contribution >= 0.6 is 0 Å². The van der Waals surface area contributed by atoms with Crippen molar-refractivity contribution in [2.45, 2.75) is 25.7 Å². The monoisotopic (exact) mass is 249 g/mol. The quantitative estimate of drug-likeness (QED) is 0.865. The van der Waals surface area contributed by atoms with Crippen LogP contribution in [0.15, 0.2) is 24.3 Å². The molecule has 1 aromatic carbocycles. The number of phenols is 1. The number of aromatic hydroxyl groups is 1. The van der Waals surface area contributed by atoms with E-state index in [4.69, 9.17) is 5.11 Å². The van der Waals surface area contributed by atoms with Crippen LogP contribution in [0.25, 0.3) is 0 Å². The Labute approximate surface area is 107 Å². The normalized spacial score (nSPS) is 16.8. The lowest BCUT2D eigenvalue weighted by Crippen LogP contribution is -2.37. The van der Waals surface area contributed by atoms with E-state index in [1.54, 1.807) is 6.07 Å². The molecule has 0 unspecified atom stereocenters. The third-order valence-corrected chi connectivity index (χ3v) is 3.70. The van der Waals surface area contributed by atoms with E-state index >= 15 is 0 Å². The first-order valence-corrected chi connectivity index (χ1v) is 6.41. The van der Waals surface area contributed by atoms with E-state index in [0.29, 0.717) is 24.8 Å². The maximum absolute atomic E-state index is 10.8. The van der Waals surface area contributed by atoms with Gasteiger partial charge in [0.1, 0.15) is 5.75 Å². The molecule has 1 amide bonds. The van der Waals surface area contributed by atoms with Gasteiger partial charge in [0.2, 0.25) is 0 Å². The number of carboxylic acid groups (broad SMARTS) is 1. The summed E-state index contributed by atoms with van der Waals surface area (Å²) in [5, 5.41) is 18.5. The number of hydrogen-bond donors (Lipinski definition) is 2. The second kappa shape index (κ2) is 5.76. The molecule has 0 radical (unpaired) electrons. The van der Waals surface area contributed by atoms with Gasteiger partial charge in [0.15, 0.2) is 0 Å². The molecule has 2 N–H and O–H groups in total. The average Bonchev–Trinajstić information content (AvgIpc) is 2.38. The molecule has 0 spiro atoms. The summed E-state index contributed by atoms with van der Waals surface area (Å²) >= 11 is 0. The van der Waals surface area contributed by atoms with Gasteiger partial charge < -0.3 is 15.1 Å². The van der Waals surface area contributed by atoms with E-state index in [0.717, 1.165) is 31.2 Å². The van der Waals surface area contributed by atoms with E-state index in [1.165, 1.54) is 4.90 Å². The van der Waals surface area contributed by atoms with Crippen molar-refractivity contribution in [1.29, 1.82) is 0 Å². The first-order chi connectivity index (χ1) is 8.66. The van der Waals surface area contributed by atoms with E-state index in [1.807, 2.05) is 18.2 Å². The van der Waals surface area contributed by atoms with E-state index < -0.39 is 6.09 Å². The van der Waals surface area contributed by atoms with Gasteiger partial charge in [-0.2, -0.15) is 0 Å². The van der Waals surface area contributed by atoms with Crippen LogP contribution in [0.1, 0.15) is 24.8 Å². The first kappa shape index (κ1) is 12.7. The standard InChI is InChI=1S/C14H19NO3/c16-13-4-2-1-3-12(13)6-5-11-7-9-15(10-8-11)14(17)18/h1-4,11,16H,5-10H2,(H,17,18). The second-order valence-corrected chi connectivity index (χ2v) is 4.88. The molecule has 1 heterocycles. The minimum Gasteiger partial charge on any atom is -0.508 e. The first-order valence-electron chi connectivity index (χ1n) is 6.41. The molecule has 0 atom stereocenters. The topological polar surface area (TPSA) is 60.8 Å². The molecule has 4 heteroatoms. The highest BCUT2D eigenvalue weighted by atomic mass is 16.4. The Morgan fingerprint density at radius 2 is 1.94 bits per heavy atom. The lowest BCUT2D eigenvalue weighted by molar-refractivity contribution is 0.123. The van der Waals surface area contributed by atoms with Crippen molar-refractivity contribution in [3.8, 4) is 5.75 Å². The van der Waals surface area contributed by atoms with Gasteiger partial charge >= 0.3 is 6.09 Å². The minimum absolute atomic E-state index is 0.362. The largest absolute Gasteiger partial charge is 0.508 e. The zero-order valence-electron chi connectivity index (χ0n) is 10.4. The smallest absolute Gasteiger partial charge is 0.407 e. The number of piperidine rings is 1. The Bertz CT molecular complexity index is 411. The molecule has 0 bridgehead atoms. The fraction of sp³-hybridized carbons (Fsp3) is 0.500. The zero-order valence-corrected chi connectivity index (χ0v) is 10.4. The van der Waals surface area contributed by atoms with Gasteiger partial charge in [-0.3, -0.25) is 0 Å². The van der Waals surface area contributed by atoms with Crippen LogP contribution < -0.4 is 0 Å². The van der Waals surface area contributed by atoms with Crippen molar-refractivity contribution in [2.75, 3.05) is 13.1 Å². The van der Waals surface area contributed by atoms with Crippen LogP contribution in [0.3, 0.4) is 0 Å². The summed E-state index contributed by atoms with van der Waals surface area (Å²) in [7, 11) is 0. The number of aryl methyl sites for hydroxylation is 1. The molecule has 0 aromatic heterocycles. The minimum atomic E-state index is -0.811. The molecule has 1 aliphatic rings. The molecular formula is C14H19NO3. The van der Waals surface area contributed by atoms with Crippen LogP contribution in [0.5, 0.6) is 5.75 Å². The fourth-order valence-corrected chi connectivity index (χ4v) is 2.49. The van der Waals surface area contributed by atoms with Gasteiger partial charge in [-0.15, -0.1) is 0 Å². The number of benzene rings is 1. The van der Waals surface area contributed by atoms with Crippen LogP contribution in [0, 0.1) is 5.92 Å². The lowest BCUT2D eigenvalue weighted by atomic mass is 9.90. The zero-order chi connectivity index (χ0) is 13.0. The Kier molecular flexibility index (Phi) is 4.07. The van der Waals surface area contributed by atoms with E-state index in [2.05, 4.69) is 0 Å². The van der Waals surface area contributed by atoms with Crippen molar-refractivity contribution in [1.82, 2.24) is 4.90 Å². The number of rotatable bonds is 3. The van der Waals surface area contributed by atoms with Crippen molar-refractivity contribution in [2.24, 2.45) is 5.92 Å². The van der Waals surface area contributed by atoms with Crippen LogP contribution in [-0.2, 0) is 6.42 Å². The fourth-order valence-electron chi connectivity index (χ4n) is 2.49. The van der Waals surface area contributed by atoms with Crippen LogP contribution in [0.4, 0.5) is 4.79 Å². The maximum atomic E-state index is 10.8. The Morgan fingerprint density at radius 1 is 1.28 bits per heavy atom. The van der Waals surface area contributed by atoms with E-state index in [9.17, 15) is 9.90 Å². The number of amides is 1. The van der Waals surface area contributed by atoms with Crippen molar-refractivity contribution >= 4 is 6.09 Å². The SMILES string of the molecule is O=C(O)N1CCC(CCc2ccccc2O)CC1. The number of nitrogens with zero attached hydrogens (tertiary/aromatic N) is 1. The van der Waals surface area contributed by atoms with Gasteiger partial charge in [0.25, 0.3) is 0 Å². The molecule has 18 heavy (non-hydrogen) atoms. The highest BCUT2D eigenvalue weighted by Crippen LogP contribution is 2.25. The summed E-state index contributed by atoms with van der Waals surface area (Å²) in [6.45, 7) is 1.28. The summed E-state index contributed by atoms with van der Waals surface area (Å²) in [5.74, 6) is 0.931. The van der Waals surface area contributed by atoms with Crippen molar-refractivity contribution in [3.05, 3.63) is 29.8 Å². The van der Waals surface area contributed by atoms with Gasteiger partial charge in [-0.1, -0.05) is 18.2 Å². The summed E-state index contributed by atoms with van der Waals surface area (Å²) < 4.78 is 0. The molecule has 4 nitrogen and oxygen atoms in total. The molecular weight excluding hydrogens is 230 g/mol. The maximum Gasteiger partial charge on any atom is 0.407 e. The predicted octanol–water partition coefficient (Wildman–Crippen LogP) is 2.71. The molecule has 0 saturated carbocycles. The number of phenolic OH excluding ortho intramolecular Hbond substituents is 1. The average molecular weight is 249 g/mol. The summed E-state index contributed by atoms with van der Waals surface area (Å²) in [5.41, 5.74) is 0.984. The molecule has 0 aliphatic carbocycles. The Hall–Kier alpha value is -1.71. The van der Waals surface area contributed by atoms with Crippen molar-refractivity contribution < 1.29 is 15.0 Å². The third kappa shape index (κ3) is 3.15.